The third kappa shape index (κ3) is 5.34. The first kappa shape index (κ1) is 19.9. The monoisotopic (exact) mass is 382 g/mol. The van der Waals surface area contributed by atoms with Gasteiger partial charge in [0.05, 0.1) is 6.61 Å². The molecule has 0 aliphatic carbocycles. The Balaban J connectivity index is 1.53. The highest BCUT2D eigenvalue weighted by Gasteiger charge is 2.20. The van der Waals surface area contributed by atoms with E-state index in [1.54, 1.807) is 6.20 Å². The summed E-state index contributed by atoms with van der Waals surface area (Å²) in [6.07, 6.45) is 5.76. The van der Waals surface area contributed by atoms with Crippen molar-refractivity contribution in [1.82, 2.24) is 20.2 Å². The average Bonchev–Trinajstić information content (AvgIpc) is 2.76. The second-order valence-corrected chi connectivity index (χ2v) is 6.73. The van der Waals surface area contributed by atoms with Gasteiger partial charge in [-0.25, -0.2) is 9.97 Å². The van der Waals surface area contributed by atoms with E-state index in [0.29, 0.717) is 19.0 Å². The van der Waals surface area contributed by atoms with Crippen LogP contribution in [0.2, 0.25) is 0 Å². The minimum Gasteiger partial charge on any atom is -0.477 e. The van der Waals surface area contributed by atoms with Crippen LogP contribution >= 0.6 is 0 Å². The number of unbranched alkanes of at least 4 members (excludes halogenated alkanes) is 1. The fourth-order valence-corrected chi connectivity index (χ4v) is 3.20. The number of aliphatic imine (C=N–C) groups is 1. The van der Waals surface area contributed by atoms with Gasteiger partial charge < -0.3 is 19.9 Å². The van der Waals surface area contributed by atoms with E-state index in [1.807, 2.05) is 37.5 Å². The van der Waals surface area contributed by atoms with E-state index in [-0.39, 0.29) is 0 Å². The Labute approximate surface area is 167 Å². The molecule has 0 aromatic carbocycles. The molecule has 0 bridgehead atoms. The van der Waals surface area contributed by atoms with Crippen molar-refractivity contribution in [3.8, 4) is 5.88 Å². The SMILES string of the molecule is CCCCOc1ncccc1CNC(=NC)N1CCN(c2ccccn2)CC1. The van der Waals surface area contributed by atoms with Crippen molar-refractivity contribution in [1.29, 1.82) is 0 Å². The van der Waals surface area contributed by atoms with Gasteiger partial charge in [-0.3, -0.25) is 4.99 Å². The molecule has 0 saturated carbocycles. The number of aromatic nitrogens is 2. The molecule has 7 nitrogen and oxygen atoms in total. The van der Waals surface area contributed by atoms with E-state index in [9.17, 15) is 0 Å². The van der Waals surface area contributed by atoms with E-state index in [2.05, 4.69) is 43.1 Å². The van der Waals surface area contributed by atoms with Gasteiger partial charge in [0, 0.05) is 57.7 Å². The molecular formula is C21H30N6O. The van der Waals surface area contributed by atoms with Gasteiger partial charge in [0.1, 0.15) is 5.82 Å². The summed E-state index contributed by atoms with van der Waals surface area (Å²) in [6.45, 7) is 7.16. The molecule has 7 heteroatoms. The van der Waals surface area contributed by atoms with Gasteiger partial charge in [-0.05, 0) is 24.6 Å². The van der Waals surface area contributed by atoms with Crippen molar-refractivity contribution in [2.24, 2.45) is 4.99 Å². The van der Waals surface area contributed by atoms with Crippen LogP contribution < -0.4 is 15.0 Å². The maximum atomic E-state index is 5.83. The minimum absolute atomic E-state index is 0.641. The van der Waals surface area contributed by atoms with E-state index >= 15 is 0 Å². The molecule has 0 amide bonds. The van der Waals surface area contributed by atoms with Crippen LogP contribution in [0.5, 0.6) is 5.88 Å². The predicted molar refractivity (Wildman–Crippen MR) is 113 cm³/mol. The zero-order valence-corrected chi connectivity index (χ0v) is 16.8. The molecule has 0 unspecified atom stereocenters. The zero-order chi connectivity index (χ0) is 19.6. The Hall–Kier alpha value is -2.83. The summed E-state index contributed by atoms with van der Waals surface area (Å²) in [5.74, 6) is 2.65. The molecule has 3 heterocycles. The summed E-state index contributed by atoms with van der Waals surface area (Å²) < 4.78 is 5.83. The number of hydrogen-bond donors (Lipinski definition) is 1. The van der Waals surface area contributed by atoms with Gasteiger partial charge in [0.15, 0.2) is 5.96 Å². The number of guanidine groups is 1. The van der Waals surface area contributed by atoms with Crippen molar-refractivity contribution in [2.45, 2.75) is 26.3 Å². The molecule has 1 N–H and O–H groups in total. The number of ether oxygens (including phenoxy) is 1. The van der Waals surface area contributed by atoms with Gasteiger partial charge in [0.2, 0.25) is 5.88 Å². The van der Waals surface area contributed by atoms with E-state index in [4.69, 9.17) is 4.74 Å². The smallest absolute Gasteiger partial charge is 0.218 e. The molecule has 3 rings (SSSR count). The van der Waals surface area contributed by atoms with E-state index < -0.39 is 0 Å². The third-order valence-electron chi connectivity index (χ3n) is 4.79. The third-order valence-corrected chi connectivity index (χ3v) is 4.79. The van der Waals surface area contributed by atoms with Gasteiger partial charge in [-0.1, -0.05) is 25.5 Å². The van der Waals surface area contributed by atoms with Gasteiger partial charge in [-0.15, -0.1) is 0 Å². The highest BCUT2D eigenvalue weighted by molar-refractivity contribution is 5.80. The van der Waals surface area contributed by atoms with Crippen LogP contribution in [0.15, 0.2) is 47.7 Å². The summed E-state index contributed by atoms with van der Waals surface area (Å²) in [5.41, 5.74) is 1.05. The number of nitrogens with one attached hydrogen (secondary N) is 1. The van der Waals surface area contributed by atoms with Gasteiger partial charge in [-0.2, -0.15) is 0 Å². The number of hydrogen-bond acceptors (Lipinski definition) is 5. The summed E-state index contributed by atoms with van der Waals surface area (Å²) in [6, 6.07) is 10.0. The Morgan fingerprint density at radius 3 is 2.64 bits per heavy atom. The first-order chi connectivity index (χ1) is 13.8. The fraction of sp³-hybridized carbons (Fsp3) is 0.476. The lowest BCUT2D eigenvalue weighted by Gasteiger charge is -2.37. The number of nitrogens with zero attached hydrogens (tertiary/aromatic N) is 5. The van der Waals surface area contributed by atoms with Crippen molar-refractivity contribution < 1.29 is 4.74 Å². The highest BCUT2D eigenvalue weighted by Crippen LogP contribution is 2.16. The van der Waals surface area contributed by atoms with Crippen LogP contribution in [0.3, 0.4) is 0 Å². The second-order valence-electron chi connectivity index (χ2n) is 6.73. The number of piperazine rings is 1. The maximum absolute atomic E-state index is 5.83. The van der Waals surface area contributed by atoms with E-state index in [1.165, 1.54) is 0 Å². The number of pyridine rings is 2. The van der Waals surface area contributed by atoms with Crippen molar-refractivity contribution >= 4 is 11.8 Å². The molecule has 0 atom stereocenters. The summed E-state index contributed by atoms with van der Waals surface area (Å²) >= 11 is 0. The summed E-state index contributed by atoms with van der Waals surface area (Å²) in [7, 11) is 1.83. The Kier molecular flexibility index (Phi) is 7.46. The number of rotatable bonds is 7. The standard InChI is InChI=1S/C21H30N6O/c1-3-4-16-28-20-18(8-7-11-24-20)17-25-21(22-2)27-14-12-26(13-15-27)19-9-5-6-10-23-19/h5-11H,3-4,12-17H2,1-2H3,(H,22,25). The highest BCUT2D eigenvalue weighted by atomic mass is 16.5. The fourth-order valence-electron chi connectivity index (χ4n) is 3.20. The van der Waals surface area contributed by atoms with Crippen LogP contribution in [0.1, 0.15) is 25.3 Å². The van der Waals surface area contributed by atoms with Crippen LogP contribution in [-0.2, 0) is 6.54 Å². The van der Waals surface area contributed by atoms with Gasteiger partial charge in [0.25, 0.3) is 0 Å². The number of anilines is 1. The van der Waals surface area contributed by atoms with Crippen LogP contribution in [-0.4, -0.2) is 60.7 Å². The van der Waals surface area contributed by atoms with Crippen LogP contribution in [0.4, 0.5) is 5.82 Å². The van der Waals surface area contributed by atoms with E-state index in [0.717, 1.165) is 56.4 Å². The molecule has 0 spiro atoms. The molecule has 150 valence electrons. The van der Waals surface area contributed by atoms with Crippen molar-refractivity contribution in [3.05, 3.63) is 48.3 Å². The zero-order valence-electron chi connectivity index (χ0n) is 16.8. The molecule has 2 aromatic rings. The average molecular weight is 383 g/mol. The predicted octanol–water partition coefficient (Wildman–Crippen LogP) is 2.55. The summed E-state index contributed by atoms with van der Waals surface area (Å²) in [4.78, 5) is 17.9. The lowest BCUT2D eigenvalue weighted by molar-refractivity contribution is 0.294. The first-order valence-electron chi connectivity index (χ1n) is 10.00. The molecule has 1 saturated heterocycles. The largest absolute Gasteiger partial charge is 0.477 e. The van der Waals surface area contributed by atoms with Gasteiger partial charge >= 0.3 is 0 Å². The Morgan fingerprint density at radius 1 is 1.11 bits per heavy atom. The maximum Gasteiger partial charge on any atom is 0.218 e. The van der Waals surface area contributed by atoms with Crippen molar-refractivity contribution in [2.75, 3.05) is 44.7 Å². The molecular weight excluding hydrogens is 352 g/mol. The topological polar surface area (TPSA) is 65.9 Å². The molecule has 1 aliphatic rings. The second kappa shape index (κ2) is 10.5. The van der Waals surface area contributed by atoms with Crippen molar-refractivity contribution in [3.63, 3.8) is 0 Å². The first-order valence-corrected chi connectivity index (χ1v) is 10.00. The normalized spacial score (nSPS) is 14.9. The molecule has 0 radical (unpaired) electrons. The molecule has 2 aromatic heterocycles. The molecule has 1 aliphatic heterocycles. The van der Waals surface area contributed by atoms with Crippen LogP contribution in [0, 0.1) is 0 Å². The lowest BCUT2D eigenvalue weighted by atomic mass is 10.2. The molecule has 28 heavy (non-hydrogen) atoms. The molecule has 1 fully saturated rings. The Bertz CT molecular complexity index is 744. The lowest BCUT2D eigenvalue weighted by Crippen LogP contribution is -2.52. The van der Waals surface area contributed by atoms with Crippen LogP contribution in [0.25, 0.3) is 0 Å². The summed E-state index contributed by atoms with van der Waals surface area (Å²) in [5, 5.41) is 3.46. The quantitative estimate of drug-likeness (QED) is 0.451. The minimum atomic E-state index is 0.641. The Morgan fingerprint density at radius 2 is 1.93 bits per heavy atom.